The van der Waals surface area contributed by atoms with Crippen LogP contribution in [0.4, 0.5) is 5.69 Å². The van der Waals surface area contributed by atoms with Gasteiger partial charge in [0.2, 0.25) is 0 Å². The standard InChI is InChI=1S/C15H17IN2O3S2/c1-9(2)14(19)17-15-18(11-5-3-4-10(16)6-11)12-7-23(20,21)8-13(12)22-15/h3-6,9,12-13H,7-8H2,1-2H3/t12-,13-/m0/s1. The van der Waals surface area contributed by atoms with Crippen molar-refractivity contribution in [1.29, 1.82) is 0 Å². The van der Waals surface area contributed by atoms with Gasteiger partial charge in [-0.1, -0.05) is 31.7 Å². The van der Waals surface area contributed by atoms with Crippen LogP contribution >= 0.6 is 34.4 Å². The minimum Gasteiger partial charge on any atom is -0.316 e. The molecule has 0 aliphatic carbocycles. The van der Waals surface area contributed by atoms with Gasteiger partial charge in [0, 0.05) is 20.4 Å². The Hall–Kier alpha value is -0.610. The Morgan fingerprint density at radius 3 is 2.78 bits per heavy atom. The van der Waals surface area contributed by atoms with Crippen molar-refractivity contribution in [2.45, 2.75) is 25.1 Å². The largest absolute Gasteiger partial charge is 0.316 e. The van der Waals surface area contributed by atoms with Gasteiger partial charge < -0.3 is 4.90 Å². The maximum atomic E-state index is 12.0. The summed E-state index contributed by atoms with van der Waals surface area (Å²) < 4.78 is 25.0. The Bertz CT molecular complexity index is 777. The van der Waals surface area contributed by atoms with Gasteiger partial charge in [0.15, 0.2) is 15.0 Å². The molecule has 1 aromatic carbocycles. The summed E-state index contributed by atoms with van der Waals surface area (Å²) in [5.41, 5.74) is 0.893. The van der Waals surface area contributed by atoms with Gasteiger partial charge >= 0.3 is 0 Å². The summed E-state index contributed by atoms with van der Waals surface area (Å²) in [5.74, 6) is -0.0844. The molecule has 0 saturated carbocycles. The third-order valence-electron chi connectivity index (χ3n) is 3.85. The van der Waals surface area contributed by atoms with Crippen LogP contribution in [0.2, 0.25) is 0 Å². The molecule has 0 aromatic heterocycles. The van der Waals surface area contributed by atoms with E-state index in [0.717, 1.165) is 9.26 Å². The Kier molecular flexibility index (Phi) is 4.76. The van der Waals surface area contributed by atoms with Crippen molar-refractivity contribution in [3.8, 4) is 0 Å². The number of sulfone groups is 1. The average Bonchev–Trinajstić information content (AvgIpc) is 2.89. The summed E-state index contributed by atoms with van der Waals surface area (Å²) in [5, 5.41) is 0.562. The van der Waals surface area contributed by atoms with E-state index in [1.54, 1.807) is 0 Å². The van der Waals surface area contributed by atoms with E-state index in [2.05, 4.69) is 27.6 Å². The van der Waals surface area contributed by atoms with Gasteiger partial charge in [0.25, 0.3) is 5.91 Å². The van der Waals surface area contributed by atoms with Crippen LogP contribution in [0.5, 0.6) is 0 Å². The van der Waals surface area contributed by atoms with Gasteiger partial charge in [-0.05, 0) is 40.8 Å². The van der Waals surface area contributed by atoms with Gasteiger partial charge in [-0.3, -0.25) is 4.79 Å². The number of amides is 1. The average molecular weight is 464 g/mol. The molecule has 2 aliphatic heterocycles. The highest BCUT2D eigenvalue weighted by molar-refractivity contribution is 14.1. The van der Waals surface area contributed by atoms with Crippen LogP contribution < -0.4 is 4.90 Å². The summed E-state index contributed by atoms with van der Waals surface area (Å²) in [6.07, 6.45) is 0. The molecule has 0 N–H and O–H groups in total. The van der Waals surface area contributed by atoms with E-state index < -0.39 is 9.84 Å². The molecule has 3 rings (SSSR count). The fraction of sp³-hybridized carbons (Fsp3) is 0.467. The van der Waals surface area contributed by atoms with Crippen LogP contribution in [0.15, 0.2) is 29.3 Å². The third-order valence-corrected chi connectivity index (χ3v) is 7.73. The number of rotatable bonds is 2. The number of thioether (sulfide) groups is 1. The van der Waals surface area contributed by atoms with Crippen LogP contribution in [0.3, 0.4) is 0 Å². The van der Waals surface area contributed by atoms with E-state index in [0.29, 0.717) is 5.17 Å². The molecule has 0 bridgehead atoms. The summed E-state index contributed by atoms with van der Waals surface area (Å²) in [6.45, 7) is 3.63. The fourth-order valence-corrected chi connectivity index (χ4v) is 7.16. The Morgan fingerprint density at radius 2 is 2.13 bits per heavy atom. The van der Waals surface area contributed by atoms with Gasteiger partial charge in [0.1, 0.15) is 0 Å². The van der Waals surface area contributed by atoms with E-state index in [-0.39, 0.29) is 34.6 Å². The molecular formula is C15H17IN2O3S2. The smallest absolute Gasteiger partial charge is 0.250 e. The summed E-state index contributed by atoms with van der Waals surface area (Å²) in [6, 6.07) is 7.68. The number of fused-ring (bicyclic) bond motifs is 1. The maximum Gasteiger partial charge on any atom is 0.250 e. The zero-order chi connectivity index (χ0) is 16.8. The Balaban J connectivity index is 2.02. The second kappa shape index (κ2) is 6.36. The number of aliphatic imine (C=N–C) groups is 1. The second-order valence-corrected chi connectivity index (χ2v) is 10.6. The summed E-state index contributed by atoms with van der Waals surface area (Å²) in [4.78, 5) is 18.2. The highest BCUT2D eigenvalue weighted by Gasteiger charge is 2.49. The van der Waals surface area contributed by atoms with E-state index >= 15 is 0 Å². The van der Waals surface area contributed by atoms with Crippen molar-refractivity contribution in [1.82, 2.24) is 0 Å². The molecule has 0 unspecified atom stereocenters. The predicted octanol–water partition coefficient (Wildman–Crippen LogP) is 2.55. The molecule has 0 radical (unpaired) electrons. The number of nitrogens with zero attached hydrogens (tertiary/aromatic N) is 2. The van der Waals surface area contributed by atoms with Crippen LogP contribution in [0, 0.1) is 9.49 Å². The minimum absolute atomic E-state index is 0.0587. The molecule has 5 nitrogen and oxygen atoms in total. The molecule has 2 aliphatic rings. The first-order valence-corrected chi connectivity index (χ1v) is 11.1. The van der Waals surface area contributed by atoms with E-state index in [4.69, 9.17) is 0 Å². The second-order valence-electron chi connectivity index (χ2n) is 6.04. The first-order chi connectivity index (χ1) is 10.8. The Labute approximate surface area is 154 Å². The number of amidine groups is 1. The number of carbonyl (C=O) groups excluding carboxylic acids is 1. The van der Waals surface area contributed by atoms with Crippen molar-refractivity contribution < 1.29 is 13.2 Å². The number of benzene rings is 1. The SMILES string of the molecule is CC(C)C(=O)N=C1S[C@H]2CS(=O)(=O)C[C@@H]2N1c1cccc(I)c1. The lowest BCUT2D eigenvalue weighted by Crippen LogP contribution is -2.37. The minimum atomic E-state index is -3.03. The molecule has 8 heteroatoms. The van der Waals surface area contributed by atoms with Gasteiger partial charge in [-0.2, -0.15) is 4.99 Å². The third kappa shape index (κ3) is 3.58. The Morgan fingerprint density at radius 1 is 1.39 bits per heavy atom. The van der Waals surface area contributed by atoms with Crippen molar-refractivity contribution in [2.75, 3.05) is 16.4 Å². The molecule has 2 atom stereocenters. The zero-order valence-electron chi connectivity index (χ0n) is 12.8. The normalized spacial score (nSPS) is 27.7. The molecule has 2 saturated heterocycles. The number of carbonyl (C=O) groups is 1. The van der Waals surface area contributed by atoms with Crippen molar-refractivity contribution >= 4 is 61.0 Å². The summed E-state index contributed by atoms with van der Waals surface area (Å²) in [7, 11) is -3.03. The van der Waals surface area contributed by atoms with Crippen LogP contribution in [-0.2, 0) is 14.6 Å². The highest BCUT2D eigenvalue weighted by atomic mass is 127. The van der Waals surface area contributed by atoms with Crippen molar-refractivity contribution in [3.63, 3.8) is 0 Å². The van der Waals surface area contributed by atoms with E-state index in [1.165, 1.54) is 11.8 Å². The maximum absolute atomic E-state index is 12.0. The lowest BCUT2D eigenvalue weighted by Gasteiger charge is -2.24. The van der Waals surface area contributed by atoms with Gasteiger partial charge in [-0.25, -0.2) is 8.42 Å². The van der Waals surface area contributed by atoms with Crippen molar-refractivity contribution in [2.24, 2.45) is 10.9 Å². The number of halogens is 1. The number of hydrogen-bond donors (Lipinski definition) is 0. The molecule has 2 heterocycles. The first kappa shape index (κ1) is 17.2. The lowest BCUT2D eigenvalue weighted by molar-refractivity contribution is -0.120. The molecule has 1 aromatic rings. The first-order valence-electron chi connectivity index (χ1n) is 7.31. The molecule has 23 heavy (non-hydrogen) atoms. The highest BCUT2D eigenvalue weighted by Crippen LogP contribution is 2.41. The summed E-state index contributed by atoms with van der Waals surface area (Å²) >= 11 is 3.63. The molecule has 124 valence electrons. The molecule has 0 spiro atoms. The quantitative estimate of drug-likeness (QED) is 0.630. The lowest BCUT2D eigenvalue weighted by atomic mass is 10.2. The number of hydrogen-bond acceptors (Lipinski definition) is 4. The fourth-order valence-electron chi connectivity index (χ4n) is 2.72. The van der Waals surface area contributed by atoms with E-state index in [9.17, 15) is 13.2 Å². The van der Waals surface area contributed by atoms with Crippen LogP contribution in [-0.4, -0.2) is 42.3 Å². The molecule has 1 amide bonds. The zero-order valence-corrected chi connectivity index (χ0v) is 16.6. The van der Waals surface area contributed by atoms with Gasteiger partial charge in [-0.15, -0.1) is 0 Å². The van der Waals surface area contributed by atoms with E-state index in [1.807, 2.05) is 43.0 Å². The predicted molar refractivity (Wildman–Crippen MR) is 103 cm³/mol. The molecular weight excluding hydrogens is 447 g/mol. The van der Waals surface area contributed by atoms with Crippen molar-refractivity contribution in [3.05, 3.63) is 27.8 Å². The van der Waals surface area contributed by atoms with Crippen LogP contribution in [0.1, 0.15) is 13.8 Å². The number of anilines is 1. The molecule has 2 fully saturated rings. The topological polar surface area (TPSA) is 66.8 Å². The van der Waals surface area contributed by atoms with Gasteiger partial charge in [0.05, 0.1) is 17.5 Å². The van der Waals surface area contributed by atoms with Crippen LogP contribution in [0.25, 0.3) is 0 Å². The monoisotopic (exact) mass is 464 g/mol.